The molecule has 1 N–H and O–H groups in total. The molecular formula is C21H27N3O4. The van der Waals surface area contributed by atoms with Gasteiger partial charge in [0, 0.05) is 32.6 Å². The van der Waals surface area contributed by atoms with Gasteiger partial charge in [-0.1, -0.05) is 12.1 Å². The topological polar surface area (TPSA) is 75.0 Å². The quantitative estimate of drug-likeness (QED) is 0.748. The molecule has 1 saturated heterocycles. The molecule has 28 heavy (non-hydrogen) atoms. The first-order chi connectivity index (χ1) is 13.6. The number of rotatable bonds is 8. The summed E-state index contributed by atoms with van der Waals surface area (Å²) in [6, 6.07) is 11.4. The first-order valence-electron chi connectivity index (χ1n) is 9.56. The molecule has 0 unspecified atom stereocenters. The van der Waals surface area contributed by atoms with Crippen molar-refractivity contribution in [2.75, 3.05) is 39.8 Å². The lowest BCUT2D eigenvalue weighted by molar-refractivity contribution is -0.133. The number of carbonyl (C=O) groups is 2. The Morgan fingerprint density at radius 3 is 2.50 bits per heavy atom. The second-order valence-corrected chi connectivity index (χ2v) is 6.86. The van der Waals surface area contributed by atoms with Crippen molar-refractivity contribution in [1.29, 1.82) is 0 Å². The third-order valence-electron chi connectivity index (χ3n) is 4.92. The number of carbonyl (C=O) groups excluding carboxylic acids is 2. The van der Waals surface area contributed by atoms with Crippen LogP contribution in [0.15, 0.2) is 47.1 Å². The number of amides is 2. The van der Waals surface area contributed by atoms with Crippen molar-refractivity contribution in [2.45, 2.75) is 19.4 Å². The Hall–Kier alpha value is -2.80. The molecule has 0 aliphatic carbocycles. The van der Waals surface area contributed by atoms with Crippen LogP contribution in [0.1, 0.15) is 17.7 Å². The van der Waals surface area contributed by atoms with Crippen LogP contribution in [0.5, 0.6) is 5.75 Å². The van der Waals surface area contributed by atoms with E-state index >= 15 is 0 Å². The normalized spacial score (nSPS) is 14.7. The molecule has 150 valence electrons. The lowest BCUT2D eigenvalue weighted by atomic mass is 10.1. The van der Waals surface area contributed by atoms with Crippen molar-refractivity contribution in [3.05, 3.63) is 54.0 Å². The monoisotopic (exact) mass is 385 g/mol. The van der Waals surface area contributed by atoms with Crippen LogP contribution in [0.2, 0.25) is 0 Å². The molecule has 1 aromatic carbocycles. The number of nitrogens with zero attached hydrogens (tertiary/aromatic N) is 2. The van der Waals surface area contributed by atoms with E-state index in [0.717, 1.165) is 23.5 Å². The third-order valence-corrected chi connectivity index (χ3v) is 4.92. The highest BCUT2D eigenvalue weighted by Crippen LogP contribution is 2.13. The van der Waals surface area contributed by atoms with Gasteiger partial charge < -0.3 is 19.4 Å². The fraction of sp³-hybridized carbons (Fsp3) is 0.429. The fourth-order valence-electron chi connectivity index (χ4n) is 3.21. The van der Waals surface area contributed by atoms with Gasteiger partial charge >= 0.3 is 0 Å². The number of methoxy groups -OCH3 is 1. The molecule has 2 amide bonds. The predicted octanol–water partition coefficient (Wildman–Crippen LogP) is 1.68. The van der Waals surface area contributed by atoms with Crippen molar-refractivity contribution in [3.8, 4) is 5.75 Å². The second kappa shape index (κ2) is 9.94. The number of aryl methyl sites for hydroxylation is 1. The highest BCUT2D eigenvalue weighted by Gasteiger charge is 2.22. The van der Waals surface area contributed by atoms with Crippen LogP contribution >= 0.6 is 0 Å². The number of benzene rings is 1. The smallest absolute Gasteiger partial charge is 0.234 e. The maximum atomic E-state index is 12.5. The molecule has 1 fully saturated rings. The molecular weight excluding hydrogens is 358 g/mol. The van der Waals surface area contributed by atoms with Crippen LogP contribution in [0.3, 0.4) is 0 Å². The van der Waals surface area contributed by atoms with E-state index in [1.807, 2.05) is 35.2 Å². The van der Waals surface area contributed by atoms with Crippen molar-refractivity contribution < 1.29 is 18.7 Å². The van der Waals surface area contributed by atoms with Crippen LogP contribution in [0.4, 0.5) is 0 Å². The van der Waals surface area contributed by atoms with E-state index in [4.69, 9.17) is 9.15 Å². The van der Waals surface area contributed by atoms with Crippen molar-refractivity contribution in [3.63, 3.8) is 0 Å². The van der Waals surface area contributed by atoms with E-state index in [-0.39, 0.29) is 11.8 Å². The number of piperazine rings is 1. The standard InChI is InChI=1S/C21H27N3O4/c1-27-18-7-4-17(5-8-18)6-9-21(26)24-12-10-23(11-13-24)16-20(25)22-15-19-3-2-14-28-19/h2-5,7-8,14H,6,9-13,15-16H2,1H3,(H,22,25). The molecule has 0 radical (unpaired) electrons. The summed E-state index contributed by atoms with van der Waals surface area (Å²) < 4.78 is 10.4. The molecule has 1 aromatic heterocycles. The number of furan rings is 1. The van der Waals surface area contributed by atoms with E-state index in [1.165, 1.54) is 0 Å². The predicted molar refractivity (Wildman–Crippen MR) is 105 cm³/mol. The first-order valence-corrected chi connectivity index (χ1v) is 9.56. The van der Waals surface area contributed by atoms with Gasteiger partial charge in [0.1, 0.15) is 11.5 Å². The Labute approximate surface area is 165 Å². The second-order valence-electron chi connectivity index (χ2n) is 6.86. The van der Waals surface area contributed by atoms with Gasteiger partial charge in [-0.2, -0.15) is 0 Å². The largest absolute Gasteiger partial charge is 0.497 e. The highest BCUT2D eigenvalue weighted by molar-refractivity contribution is 5.78. The number of hydrogen-bond donors (Lipinski definition) is 1. The van der Waals surface area contributed by atoms with Crippen molar-refractivity contribution >= 4 is 11.8 Å². The summed E-state index contributed by atoms with van der Waals surface area (Å²) in [5.74, 6) is 1.69. The zero-order valence-corrected chi connectivity index (χ0v) is 16.2. The molecule has 0 saturated carbocycles. The Balaban J connectivity index is 1.34. The molecule has 0 atom stereocenters. The zero-order chi connectivity index (χ0) is 19.8. The first kappa shape index (κ1) is 19.9. The van der Waals surface area contributed by atoms with E-state index in [1.54, 1.807) is 19.4 Å². The Kier molecular flexibility index (Phi) is 7.08. The number of ether oxygens (including phenoxy) is 1. The molecule has 2 aromatic rings. The van der Waals surface area contributed by atoms with Gasteiger partial charge in [-0.3, -0.25) is 14.5 Å². The minimum atomic E-state index is -0.0318. The summed E-state index contributed by atoms with van der Waals surface area (Å²) in [6.07, 6.45) is 2.81. The van der Waals surface area contributed by atoms with Gasteiger partial charge in [-0.05, 0) is 36.2 Å². The van der Waals surface area contributed by atoms with Crippen LogP contribution in [-0.2, 0) is 22.6 Å². The minimum absolute atomic E-state index is 0.0318. The van der Waals surface area contributed by atoms with Crippen LogP contribution in [0, 0.1) is 0 Å². The van der Waals surface area contributed by atoms with Crippen LogP contribution in [0.25, 0.3) is 0 Å². The molecule has 7 nitrogen and oxygen atoms in total. The Bertz CT molecular complexity index is 750. The van der Waals surface area contributed by atoms with Gasteiger partial charge in [0.2, 0.25) is 11.8 Å². The van der Waals surface area contributed by atoms with Crippen molar-refractivity contribution in [1.82, 2.24) is 15.1 Å². The van der Waals surface area contributed by atoms with Gasteiger partial charge in [0.25, 0.3) is 0 Å². The average molecular weight is 385 g/mol. The summed E-state index contributed by atoms with van der Waals surface area (Å²) in [4.78, 5) is 28.5. The summed E-state index contributed by atoms with van der Waals surface area (Å²) in [5.41, 5.74) is 1.13. The molecule has 1 aliphatic heterocycles. The van der Waals surface area contributed by atoms with Gasteiger partial charge in [-0.25, -0.2) is 0 Å². The van der Waals surface area contributed by atoms with E-state index in [2.05, 4.69) is 10.2 Å². The van der Waals surface area contributed by atoms with Gasteiger partial charge in [-0.15, -0.1) is 0 Å². The summed E-state index contributed by atoms with van der Waals surface area (Å²) in [7, 11) is 1.64. The Morgan fingerprint density at radius 1 is 1.11 bits per heavy atom. The van der Waals surface area contributed by atoms with E-state index in [9.17, 15) is 9.59 Å². The number of hydrogen-bond acceptors (Lipinski definition) is 5. The maximum Gasteiger partial charge on any atom is 0.234 e. The summed E-state index contributed by atoms with van der Waals surface area (Å²) in [5, 5.41) is 2.85. The summed E-state index contributed by atoms with van der Waals surface area (Å²) >= 11 is 0. The molecule has 0 spiro atoms. The SMILES string of the molecule is COc1ccc(CCC(=O)N2CCN(CC(=O)NCc3ccco3)CC2)cc1. The minimum Gasteiger partial charge on any atom is -0.497 e. The maximum absolute atomic E-state index is 12.5. The molecule has 7 heteroatoms. The fourth-order valence-corrected chi connectivity index (χ4v) is 3.21. The van der Waals surface area contributed by atoms with Gasteiger partial charge in [0.05, 0.1) is 26.5 Å². The Morgan fingerprint density at radius 2 is 1.86 bits per heavy atom. The number of nitrogens with one attached hydrogen (secondary N) is 1. The van der Waals surface area contributed by atoms with Gasteiger partial charge in [0.15, 0.2) is 0 Å². The molecule has 3 rings (SSSR count). The van der Waals surface area contributed by atoms with Crippen LogP contribution < -0.4 is 10.1 Å². The molecule has 2 heterocycles. The lowest BCUT2D eigenvalue weighted by Gasteiger charge is -2.34. The van der Waals surface area contributed by atoms with E-state index < -0.39 is 0 Å². The lowest BCUT2D eigenvalue weighted by Crippen LogP contribution is -2.51. The zero-order valence-electron chi connectivity index (χ0n) is 16.2. The van der Waals surface area contributed by atoms with Crippen molar-refractivity contribution in [2.24, 2.45) is 0 Å². The average Bonchev–Trinajstić information content (AvgIpc) is 3.25. The van der Waals surface area contributed by atoms with E-state index in [0.29, 0.717) is 45.7 Å². The molecule has 0 bridgehead atoms. The van der Waals surface area contributed by atoms with Crippen LogP contribution in [-0.4, -0.2) is 61.4 Å². The third kappa shape index (κ3) is 5.85. The highest BCUT2D eigenvalue weighted by atomic mass is 16.5. The summed E-state index contributed by atoms with van der Waals surface area (Å²) in [6.45, 7) is 3.48. The molecule has 1 aliphatic rings.